The second kappa shape index (κ2) is 9.87. The Hall–Kier alpha value is -0.150. The van der Waals surface area contributed by atoms with Gasteiger partial charge in [0.25, 0.3) is 0 Å². The van der Waals surface area contributed by atoms with Gasteiger partial charge in [-0.05, 0) is 12.8 Å². The molecule has 6 nitrogen and oxygen atoms in total. The van der Waals surface area contributed by atoms with Gasteiger partial charge >= 0.3 is 23.2 Å². The Kier molecular flexibility index (Phi) is 9.80. The van der Waals surface area contributed by atoms with Crippen LogP contribution in [-0.2, 0) is 27.9 Å². The quantitative estimate of drug-likeness (QED) is 0.226. The first-order valence-corrected chi connectivity index (χ1v) is 10.1. The van der Waals surface area contributed by atoms with Gasteiger partial charge in [-0.2, -0.15) is 21.6 Å². The van der Waals surface area contributed by atoms with Crippen molar-refractivity contribution in [3.63, 3.8) is 0 Å². The Morgan fingerprint density at radius 1 is 0.955 bits per heavy atom. The molecule has 134 valence electrons. The van der Waals surface area contributed by atoms with E-state index in [-0.39, 0.29) is 13.2 Å². The van der Waals surface area contributed by atoms with Crippen molar-refractivity contribution in [2.45, 2.75) is 45.0 Å². The summed E-state index contributed by atoms with van der Waals surface area (Å²) in [6.45, 7) is 3.08. The average molecular weight is 370 g/mol. The molecule has 0 N–H and O–H groups in total. The molecule has 0 amide bonds. The maximum atomic E-state index is 12.3. The number of hydrogen-bond acceptors (Lipinski definition) is 6. The van der Waals surface area contributed by atoms with Crippen LogP contribution in [0.2, 0.25) is 0 Å². The van der Waals surface area contributed by atoms with E-state index >= 15 is 0 Å². The third-order valence-electron chi connectivity index (χ3n) is 2.46. The minimum Gasteiger partial charge on any atom is -0.309 e. The predicted octanol–water partition coefficient (Wildman–Crippen LogP) is 3.68. The Morgan fingerprint density at radius 3 is 1.77 bits per heavy atom. The molecule has 0 bridgehead atoms. The lowest BCUT2D eigenvalue weighted by atomic mass is 10.4. The molecule has 0 unspecified atom stereocenters. The second-order valence-electron chi connectivity index (χ2n) is 4.43. The average Bonchev–Trinajstić information content (AvgIpc) is 2.38. The number of alkyl halides is 3. The minimum atomic E-state index is -5.70. The molecule has 0 spiro atoms. The van der Waals surface area contributed by atoms with Gasteiger partial charge in [0.05, 0.1) is 26.0 Å². The van der Waals surface area contributed by atoms with Crippen LogP contribution in [0.3, 0.4) is 0 Å². The fourth-order valence-corrected chi connectivity index (χ4v) is 3.21. The Balaban J connectivity index is 4.54. The van der Waals surface area contributed by atoms with Gasteiger partial charge in [-0.25, -0.2) is 0 Å². The molecule has 0 aromatic rings. The zero-order valence-corrected chi connectivity index (χ0v) is 14.3. The monoisotopic (exact) mass is 370 g/mol. The normalized spacial score (nSPS) is 13.5. The van der Waals surface area contributed by atoms with Crippen molar-refractivity contribution in [3.05, 3.63) is 0 Å². The topological polar surface area (TPSA) is 78.9 Å². The first kappa shape index (κ1) is 21.9. The molecule has 0 fully saturated rings. The van der Waals surface area contributed by atoms with Crippen LogP contribution >= 0.6 is 7.60 Å². The van der Waals surface area contributed by atoms with Crippen molar-refractivity contribution < 1.29 is 39.4 Å². The van der Waals surface area contributed by atoms with Crippen molar-refractivity contribution in [2.24, 2.45) is 0 Å². The fourth-order valence-electron chi connectivity index (χ4n) is 1.19. The summed E-state index contributed by atoms with van der Waals surface area (Å²) in [6, 6.07) is 0. The molecule has 0 saturated carbocycles. The summed E-state index contributed by atoms with van der Waals surface area (Å²) in [7, 11) is -9.38. The molecule has 11 heteroatoms. The maximum absolute atomic E-state index is 12.3. The lowest BCUT2D eigenvalue weighted by molar-refractivity contribution is -0.0539. The highest BCUT2D eigenvalue weighted by molar-refractivity contribution is 7.87. The maximum Gasteiger partial charge on any atom is 0.523 e. The lowest BCUT2D eigenvalue weighted by Gasteiger charge is -2.18. The Bertz CT molecular complexity index is 437. The summed E-state index contributed by atoms with van der Waals surface area (Å²) in [4.78, 5) is 0. The zero-order valence-electron chi connectivity index (χ0n) is 12.6. The van der Waals surface area contributed by atoms with Crippen molar-refractivity contribution >= 4 is 17.7 Å². The van der Waals surface area contributed by atoms with E-state index in [1.807, 2.05) is 13.8 Å². The molecule has 0 heterocycles. The van der Waals surface area contributed by atoms with Crippen LogP contribution in [-0.4, -0.2) is 39.9 Å². The molecule has 0 aliphatic rings. The van der Waals surface area contributed by atoms with Crippen LogP contribution in [0.15, 0.2) is 0 Å². The van der Waals surface area contributed by atoms with E-state index in [2.05, 4.69) is 4.18 Å². The van der Waals surface area contributed by atoms with Gasteiger partial charge in [0.1, 0.15) is 0 Å². The van der Waals surface area contributed by atoms with Crippen molar-refractivity contribution in [1.29, 1.82) is 0 Å². The van der Waals surface area contributed by atoms with E-state index in [4.69, 9.17) is 9.05 Å². The van der Waals surface area contributed by atoms with E-state index in [1.165, 1.54) is 0 Å². The molecule has 0 aromatic carbocycles. The molecule has 0 rings (SSSR count). The van der Waals surface area contributed by atoms with Crippen molar-refractivity contribution in [1.82, 2.24) is 0 Å². The first-order valence-electron chi connectivity index (χ1n) is 6.92. The summed E-state index contributed by atoms with van der Waals surface area (Å²) in [5, 5.41) is 0. The minimum absolute atomic E-state index is 0.117. The fraction of sp³-hybridized carbons (Fsp3) is 1.00. The van der Waals surface area contributed by atoms with Crippen LogP contribution in [0, 0.1) is 0 Å². The summed E-state index contributed by atoms with van der Waals surface area (Å²) in [5.74, 6) is 0. The molecule has 0 aliphatic heterocycles. The van der Waals surface area contributed by atoms with Gasteiger partial charge in [0.15, 0.2) is 0 Å². The molecule has 0 saturated heterocycles. The summed E-state index contributed by atoms with van der Waals surface area (Å²) in [6.07, 6.45) is 2.18. The van der Waals surface area contributed by atoms with E-state index in [9.17, 15) is 26.2 Å². The Morgan fingerprint density at radius 2 is 1.41 bits per heavy atom. The van der Waals surface area contributed by atoms with Gasteiger partial charge in [-0.15, -0.1) is 0 Å². The molecule has 22 heavy (non-hydrogen) atoms. The third-order valence-corrected chi connectivity index (χ3v) is 5.38. The van der Waals surface area contributed by atoms with Gasteiger partial charge < -0.3 is 9.05 Å². The molecular weight excluding hydrogens is 348 g/mol. The summed E-state index contributed by atoms with van der Waals surface area (Å²) < 4.78 is 84.1. The van der Waals surface area contributed by atoms with Gasteiger partial charge in [0.2, 0.25) is 0 Å². The van der Waals surface area contributed by atoms with Crippen LogP contribution in [0.4, 0.5) is 13.2 Å². The van der Waals surface area contributed by atoms with Crippen molar-refractivity contribution in [2.75, 3.05) is 26.0 Å². The highest BCUT2D eigenvalue weighted by Crippen LogP contribution is 2.48. The van der Waals surface area contributed by atoms with Crippen molar-refractivity contribution in [3.8, 4) is 0 Å². The standard InChI is InChI=1S/C11H22F3O6PS/c1-3-5-7-18-21(15,19-8-6-4-2)10-9-20-22(16,17)11(12,13)14/h3-10H2,1-2H3. The van der Waals surface area contributed by atoms with Gasteiger partial charge in [-0.1, -0.05) is 26.7 Å². The molecule has 0 radical (unpaired) electrons. The predicted molar refractivity (Wildman–Crippen MR) is 75.1 cm³/mol. The van der Waals surface area contributed by atoms with E-state index in [0.717, 1.165) is 12.8 Å². The smallest absolute Gasteiger partial charge is 0.309 e. The van der Waals surface area contributed by atoms with Crippen LogP contribution in [0.1, 0.15) is 39.5 Å². The SMILES string of the molecule is CCCCOP(=O)(CCOS(=O)(=O)C(F)(F)F)OCCCC. The molecule has 0 aliphatic carbocycles. The van der Waals surface area contributed by atoms with E-state index in [1.54, 1.807) is 0 Å². The van der Waals surface area contributed by atoms with Crippen LogP contribution < -0.4 is 0 Å². The number of halogens is 3. The highest BCUT2D eigenvalue weighted by atomic mass is 32.2. The largest absolute Gasteiger partial charge is 0.523 e. The van der Waals surface area contributed by atoms with Crippen LogP contribution in [0.25, 0.3) is 0 Å². The summed E-state index contributed by atoms with van der Waals surface area (Å²) >= 11 is 0. The number of unbranched alkanes of at least 4 members (excludes halogenated alkanes) is 2. The van der Waals surface area contributed by atoms with Crippen LogP contribution in [0.5, 0.6) is 0 Å². The lowest BCUT2D eigenvalue weighted by Crippen LogP contribution is -2.26. The Labute approximate surface area is 129 Å². The molecular formula is C11H22F3O6PS. The second-order valence-corrected chi connectivity index (χ2v) is 8.22. The van der Waals surface area contributed by atoms with E-state index in [0.29, 0.717) is 12.8 Å². The highest BCUT2D eigenvalue weighted by Gasteiger charge is 2.47. The number of hydrogen-bond donors (Lipinski definition) is 0. The van der Waals surface area contributed by atoms with Gasteiger partial charge in [0, 0.05) is 0 Å². The van der Waals surface area contributed by atoms with Gasteiger partial charge in [-0.3, -0.25) is 8.75 Å². The summed E-state index contributed by atoms with van der Waals surface area (Å²) in [5.41, 5.74) is -5.51. The molecule has 0 aromatic heterocycles. The third kappa shape index (κ3) is 8.47. The zero-order chi connectivity index (χ0) is 17.3. The molecule has 0 atom stereocenters. The number of rotatable bonds is 12. The van der Waals surface area contributed by atoms with E-state index < -0.39 is 36.0 Å². The first-order chi connectivity index (χ1) is 10.1.